The summed E-state index contributed by atoms with van der Waals surface area (Å²) in [7, 11) is 1.87. The van der Waals surface area contributed by atoms with Gasteiger partial charge in [0.05, 0.1) is 12.8 Å². The van der Waals surface area contributed by atoms with Gasteiger partial charge in [-0.1, -0.05) is 11.6 Å². The zero-order valence-corrected chi connectivity index (χ0v) is 10.1. The second kappa shape index (κ2) is 5.01. The fraction of sp³-hybridized carbons (Fsp3) is 0.300. The maximum Gasteiger partial charge on any atom is 0.224 e. The first-order valence-electron chi connectivity index (χ1n) is 5.04. The van der Waals surface area contributed by atoms with Crippen LogP contribution in [0.1, 0.15) is 5.56 Å². The van der Waals surface area contributed by atoms with Crippen LogP contribution in [0, 0.1) is 0 Å². The summed E-state index contributed by atoms with van der Waals surface area (Å²) in [5.41, 5.74) is 6.54. The van der Waals surface area contributed by atoms with Crippen molar-refractivity contribution in [1.82, 2.24) is 19.7 Å². The summed E-state index contributed by atoms with van der Waals surface area (Å²) < 4.78 is 7.17. The molecule has 0 spiro atoms. The number of aryl methyl sites for hydroxylation is 1. The van der Waals surface area contributed by atoms with Crippen molar-refractivity contribution >= 4 is 17.5 Å². The van der Waals surface area contributed by atoms with Crippen molar-refractivity contribution in [2.24, 2.45) is 7.05 Å². The molecule has 2 aromatic heterocycles. The Morgan fingerprint density at radius 1 is 1.47 bits per heavy atom. The van der Waals surface area contributed by atoms with Gasteiger partial charge < -0.3 is 10.5 Å². The minimum Gasteiger partial charge on any atom is -0.477 e. The van der Waals surface area contributed by atoms with Crippen LogP contribution in [0.5, 0.6) is 5.88 Å². The first-order chi connectivity index (χ1) is 8.13. The standard InChI is InChI=1S/C10H12ClN5O/c1-16-6-7(5-13-16)2-3-17-9-4-8(11)14-10(12)15-9/h4-6H,2-3H2,1H3,(H2,12,14,15). The summed E-state index contributed by atoms with van der Waals surface area (Å²) in [4.78, 5) is 7.65. The van der Waals surface area contributed by atoms with Crippen LogP contribution in [0.2, 0.25) is 5.15 Å². The molecule has 0 aliphatic heterocycles. The van der Waals surface area contributed by atoms with Crippen molar-refractivity contribution in [1.29, 1.82) is 0 Å². The molecule has 2 heterocycles. The van der Waals surface area contributed by atoms with Gasteiger partial charge in [-0.15, -0.1) is 0 Å². The van der Waals surface area contributed by atoms with E-state index in [1.807, 2.05) is 13.2 Å². The van der Waals surface area contributed by atoms with E-state index in [1.165, 1.54) is 6.07 Å². The van der Waals surface area contributed by atoms with E-state index in [1.54, 1.807) is 10.9 Å². The van der Waals surface area contributed by atoms with Crippen LogP contribution >= 0.6 is 11.6 Å². The number of nitrogens with two attached hydrogens (primary N) is 1. The van der Waals surface area contributed by atoms with Crippen molar-refractivity contribution in [2.45, 2.75) is 6.42 Å². The summed E-state index contributed by atoms with van der Waals surface area (Å²) >= 11 is 5.72. The van der Waals surface area contributed by atoms with Crippen molar-refractivity contribution in [3.8, 4) is 5.88 Å². The van der Waals surface area contributed by atoms with Gasteiger partial charge in [-0.3, -0.25) is 4.68 Å². The molecule has 0 atom stereocenters. The molecule has 2 aromatic rings. The second-order valence-electron chi connectivity index (χ2n) is 3.51. The van der Waals surface area contributed by atoms with Gasteiger partial charge in [0.1, 0.15) is 5.15 Å². The molecule has 0 fully saturated rings. The maximum atomic E-state index is 5.72. The molecule has 0 amide bonds. The minimum absolute atomic E-state index is 0.105. The number of aromatic nitrogens is 4. The normalized spacial score (nSPS) is 10.5. The largest absolute Gasteiger partial charge is 0.477 e. The maximum absolute atomic E-state index is 5.72. The zero-order chi connectivity index (χ0) is 12.3. The minimum atomic E-state index is 0.105. The molecular formula is C10H12ClN5O. The lowest BCUT2D eigenvalue weighted by atomic mass is 10.3. The summed E-state index contributed by atoms with van der Waals surface area (Å²) in [6, 6.07) is 1.53. The van der Waals surface area contributed by atoms with E-state index >= 15 is 0 Å². The van der Waals surface area contributed by atoms with E-state index in [9.17, 15) is 0 Å². The topological polar surface area (TPSA) is 78.9 Å². The third kappa shape index (κ3) is 3.32. The lowest BCUT2D eigenvalue weighted by Gasteiger charge is -2.04. The number of hydrogen-bond donors (Lipinski definition) is 1. The molecule has 90 valence electrons. The molecule has 0 aliphatic carbocycles. The summed E-state index contributed by atoms with van der Waals surface area (Å²) in [5.74, 6) is 0.486. The molecule has 0 saturated heterocycles. The average molecular weight is 254 g/mol. The number of nitrogen functional groups attached to an aromatic ring is 1. The smallest absolute Gasteiger partial charge is 0.224 e. The van der Waals surface area contributed by atoms with Crippen LogP contribution in [-0.4, -0.2) is 26.4 Å². The van der Waals surface area contributed by atoms with E-state index in [0.29, 0.717) is 12.5 Å². The van der Waals surface area contributed by atoms with Crippen LogP contribution in [-0.2, 0) is 13.5 Å². The van der Waals surface area contributed by atoms with Gasteiger partial charge in [0, 0.05) is 25.7 Å². The van der Waals surface area contributed by atoms with Crippen molar-refractivity contribution < 1.29 is 4.74 Å². The first-order valence-corrected chi connectivity index (χ1v) is 5.41. The Hall–Kier alpha value is -1.82. The number of rotatable bonds is 4. The number of hydrogen-bond acceptors (Lipinski definition) is 5. The highest BCUT2D eigenvalue weighted by Crippen LogP contribution is 2.14. The van der Waals surface area contributed by atoms with Gasteiger partial charge >= 0.3 is 0 Å². The molecule has 0 unspecified atom stereocenters. The van der Waals surface area contributed by atoms with Gasteiger partial charge in [-0.25, -0.2) is 4.98 Å². The highest BCUT2D eigenvalue weighted by molar-refractivity contribution is 6.29. The molecule has 0 radical (unpaired) electrons. The van der Waals surface area contributed by atoms with Crippen LogP contribution in [0.4, 0.5) is 5.95 Å². The van der Waals surface area contributed by atoms with Crippen LogP contribution in [0.15, 0.2) is 18.5 Å². The summed E-state index contributed by atoms with van der Waals surface area (Å²) in [5, 5.41) is 4.34. The van der Waals surface area contributed by atoms with Crippen LogP contribution in [0.3, 0.4) is 0 Å². The number of nitrogens with zero attached hydrogens (tertiary/aromatic N) is 4. The fourth-order valence-electron chi connectivity index (χ4n) is 1.36. The SMILES string of the molecule is Cn1cc(CCOc2cc(Cl)nc(N)n2)cn1. The van der Waals surface area contributed by atoms with Gasteiger partial charge in [0.15, 0.2) is 0 Å². The Labute approximate surface area is 103 Å². The Kier molecular flexibility index (Phi) is 3.43. The third-order valence-electron chi connectivity index (χ3n) is 2.09. The molecule has 0 aromatic carbocycles. The van der Waals surface area contributed by atoms with Gasteiger partial charge in [-0.05, 0) is 5.56 Å². The number of ether oxygens (including phenoxy) is 1. The summed E-state index contributed by atoms with van der Waals surface area (Å²) in [6.07, 6.45) is 4.48. The molecule has 7 heteroatoms. The number of anilines is 1. The van der Waals surface area contributed by atoms with E-state index in [2.05, 4.69) is 15.1 Å². The van der Waals surface area contributed by atoms with E-state index < -0.39 is 0 Å². The monoisotopic (exact) mass is 253 g/mol. The van der Waals surface area contributed by atoms with Crippen LogP contribution in [0.25, 0.3) is 0 Å². The Balaban J connectivity index is 1.89. The highest BCUT2D eigenvalue weighted by atomic mass is 35.5. The van der Waals surface area contributed by atoms with Crippen molar-refractivity contribution in [3.05, 3.63) is 29.2 Å². The lowest BCUT2D eigenvalue weighted by molar-refractivity contribution is 0.309. The van der Waals surface area contributed by atoms with Crippen molar-refractivity contribution in [2.75, 3.05) is 12.3 Å². The van der Waals surface area contributed by atoms with E-state index in [4.69, 9.17) is 22.1 Å². The summed E-state index contributed by atoms with van der Waals surface area (Å²) in [6.45, 7) is 0.485. The van der Waals surface area contributed by atoms with Gasteiger partial charge in [-0.2, -0.15) is 10.1 Å². The quantitative estimate of drug-likeness (QED) is 0.825. The molecule has 17 heavy (non-hydrogen) atoms. The highest BCUT2D eigenvalue weighted by Gasteiger charge is 2.02. The molecule has 2 N–H and O–H groups in total. The molecule has 6 nitrogen and oxygen atoms in total. The Morgan fingerprint density at radius 3 is 2.94 bits per heavy atom. The number of halogens is 1. The van der Waals surface area contributed by atoms with E-state index in [-0.39, 0.29) is 11.1 Å². The molecule has 0 saturated carbocycles. The zero-order valence-electron chi connectivity index (χ0n) is 9.30. The third-order valence-corrected chi connectivity index (χ3v) is 2.28. The average Bonchev–Trinajstić information content (AvgIpc) is 2.63. The predicted molar refractivity (Wildman–Crippen MR) is 63.9 cm³/mol. The molecule has 0 bridgehead atoms. The lowest BCUT2D eigenvalue weighted by Crippen LogP contribution is -2.04. The van der Waals surface area contributed by atoms with Gasteiger partial charge in [0.25, 0.3) is 0 Å². The first kappa shape index (κ1) is 11.7. The van der Waals surface area contributed by atoms with Crippen molar-refractivity contribution in [3.63, 3.8) is 0 Å². The predicted octanol–water partition coefficient (Wildman–Crippen LogP) is 1.07. The van der Waals surface area contributed by atoms with Crippen LogP contribution < -0.4 is 10.5 Å². The Morgan fingerprint density at radius 2 is 2.29 bits per heavy atom. The second-order valence-corrected chi connectivity index (χ2v) is 3.90. The van der Waals surface area contributed by atoms with Gasteiger partial charge in [0.2, 0.25) is 11.8 Å². The van der Waals surface area contributed by atoms with E-state index in [0.717, 1.165) is 12.0 Å². The molecular weight excluding hydrogens is 242 g/mol. The molecule has 2 rings (SSSR count). The fourth-order valence-corrected chi connectivity index (χ4v) is 1.54. The Bertz CT molecular complexity index is 493. The molecule has 0 aliphatic rings.